The highest BCUT2D eigenvalue weighted by Gasteiger charge is 2.16. The SMILES string of the molecule is CCCNc1cc(N(C)CC2CCCCO2)ncn1. The van der Waals surface area contributed by atoms with Gasteiger partial charge in [-0.1, -0.05) is 6.92 Å². The minimum absolute atomic E-state index is 0.334. The average molecular weight is 264 g/mol. The number of likely N-dealkylation sites (N-methyl/N-ethyl adjacent to an activating group) is 1. The van der Waals surface area contributed by atoms with Crippen molar-refractivity contribution in [1.29, 1.82) is 0 Å². The Hall–Kier alpha value is -1.36. The lowest BCUT2D eigenvalue weighted by Gasteiger charge is -2.28. The maximum absolute atomic E-state index is 5.76. The van der Waals surface area contributed by atoms with E-state index in [4.69, 9.17) is 4.74 Å². The van der Waals surface area contributed by atoms with Crippen molar-refractivity contribution in [2.75, 3.05) is 37.0 Å². The summed E-state index contributed by atoms with van der Waals surface area (Å²) in [7, 11) is 2.06. The Kier molecular flexibility index (Phi) is 5.39. The van der Waals surface area contributed by atoms with Crippen molar-refractivity contribution in [1.82, 2.24) is 9.97 Å². The van der Waals surface area contributed by atoms with Gasteiger partial charge in [-0.15, -0.1) is 0 Å². The van der Waals surface area contributed by atoms with E-state index in [9.17, 15) is 0 Å². The van der Waals surface area contributed by atoms with Crippen molar-refractivity contribution in [3.63, 3.8) is 0 Å². The van der Waals surface area contributed by atoms with E-state index in [2.05, 4.69) is 34.2 Å². The van der Waals surface area contributed by atoms with E-state index < -0.39 is 0 Å². The summed E-state index contributed by atoms with van der Waals surface area (Å²) in [6.45, 7) is 4.86. The van der Waals surface area contributed by atoms with Gasteiger partial charge in [-0.3, -0.25) is 0 Å². The Labute approximate surface area is 115 Å². The highest BCUT2D eigenvalue weighted by molar-refractivity contribution is 5.47. The van der Waals surface area contributed by atoms with Gasteiger partial charge >= 0.3 is 0 Å². The van der Waals surface area contributed by atoms with Crippen LogP contribution in [-0.4, -0.2) is 42.8 Å². The van der Waals surface area contributed by atoms with Crippen molar-refractivity contribution in [3.8, 4) is 0 Å². The van der Waals surface area contributed by atoms with Crippen molar-refractivity contribution in [2.24, 2.45) is 0 Å². The van der Waals surface area contributed by atoms with Crippen LogP contribution in [0.25, 0.3) is 0 Å². The van der Waals surface area contributed by atoms with Crippen LogP contribution in [0.5, 0.6) is 0 Å². The minimum atomic E-state index is 0.334. The zero-order chi connectivity index (χ0) is 13.5. The molecule has 1 saturated heterocycles. The first-order chi connectivity index (χ1) is 9.29. The molecule has 1 aromatic heterocycles. The number of hydrogen-bond acceptors (Lipinski definition) is 5. The molecule has 1 aromatic rings. The van der Waals surface area contributed by atoms with Gasteiger partial charge in [-0.05, 0) is 25.7 Å². The molecule has 1 fully saturated rings. The molecule has 0 bridgehead atoms. The second-order valence-corrected chi connectivity index (χ2v) is 5.06. The number of nitrogens with zero attached hydrogens (tertiary/aromatic N) is 3. The largest absolute Gasteiger partial charge is 0.376 e. The monoisotopic (exact) mass is 264 g/mol. The van der Waals surface area contributed by atoms with E-state index in [0.717, 1.165) is 44.2 Å². The minimum Gasteiger partial charge on any atom is -0.376 e. The molecule has 0 spiro atoms. The van der Waals surface area contributed by atoms with Gasteiger partial charge in [0.15, 0.2) is 0 Å². The molecule has 0 saturated carbocycles. The summed E-state index contributed by atoms with van der Waals surface area (Å²) >= 11 is 0. The zero-order valence-corrected chi connectivity index (χ0v) is 11.9. The summed E-state index contributed by atoms with van der Waals surface area (Å²) < 4.78 is 5.76. The van der Waals surface area contributed by atoms with Crippen molar-refractivity contribution in [3.05, 3.63) is 12.4 Å². The quantitative estimate of drug-likeness (QED) is 0.854. The van der Waals surface area contributed by atoms with Crippen LogP contribution < -0.4 is 10.2 Å². The first-order valence-electron chi connectivity index (χ1n) is 7.18. The first kappa shape index (κ1) is 14.1. The third-order valence-corrected chi connectivity index (χ3v) is 3.35. The topological polar surface area (TPSA) is 50.3 Å². The molecule has 106 valence electrons. The smallest absolute Gasteiger partial charge is 0.133 e. The predicted octanol–water partition coefficient (Wildman–Crippen LogP) is 2.30. The third kappa shape index (κ3) is 4.35. The molecule has 0 aromatic carbocycles. The molecule has 1 atom stereocenters. The van der Waals surface area contributed by atoms with Gasteiger partial charge in [0, 0.05) is 32.8 Å². The molecule has 5 nitrogen and oxygen atoms in total. The zero-order valence-electron chi connectivity index (χ0n) is 11.9. The molecule has 5 heteroatoms. The van der Waals surface area contributed by atoms with Crippen LogP contribution in [-0.2, 0) is 4.74 Å². The second-order valence-electron chi connectivity index (χ2n) is 5.06. The van der Waals surface area contributed by atoms with Gasteiger partial charge in [0.05, 0.1) is 6.10 Å². The van der Waals surface area contributed by atoms with Crippen LogP contribution in [0.3, 0.4) is 0 Å². The molecule has 0 aliphatic carbocycles. The molecular weight excluding hydrogens is 240 g/mol. The van der Waals surface area contributed by atoms with E-state index >= 15 is 0 Å². The highest BCUT2D eigenvalue weighted by Crippen LogP contribution is 2.17. The fraction of sp³-hybridized carbons (Fsp3) is 0.714. The van der Waals surface area contributed by atoms with Crippen LogP contribution in [0.1, 0.15) is 32.6 Å². The van der Waals surface area contributed by atoms with Crippen LogP contribution in [0.2, 0.25) is 0 Å². The summed E-state index contributed by atoms with van der Waals surface area (Å²) in [5.41, 5.74) is 0. The summed E-state index contributed by atoms with van der Waals surface area (Å²) in [5.74, 6) is 1.84. The van der Waals surface area contributed by atoms with Gasteiger partial charge in [0.25, 0.3) is 0 Å². The summed E-state index contributed by atoms with van der Waals surface area (Å²) in [6, 6.07) is 2.00. The van der Waals surface area contributed by atoms with Gasteiger partial charge in [0.1, 0.15) is 18.0 Å². The van der Waals surface area contributed by atoms with Gasteiger partial charge in [-0.25, -0.2) is 9.97 Å². The first-order valence-corrected chi connectivity index (χ1v) is 7.18. The number of hydrogen-bond donors (Lipinski definition) is 1. The van der Waals surface area contributed by atoms with E-state index in [0.29, 0.717) is 6.10 Å². The molecule has 2 rings (SSSR count). The number of aromatic nitrogens is 2. The maximum Gasteiger partial charge on any atom is 0.133 e. The fourth-order valence-electron chi connectivity index (χ4n) is 2.26. The van der Waals surface area contributed by atoms with Crippen LogP contribution in [0, 0.1) is 0 Å². The Morgan fingerprint density at radius 1 is 1.42 bits per heavy atom. The maximum atomic E-state index is 5.76. The number of ether oxygens (including phenoxy) is 1. The summed E-state index contributed by atoms with van der Waals surface area (Å²) in [4.78, 5) is 10.7. The molecule has 1 unspecified atom stereocenters. The second kappa shape index (κ2) is 7.28. The summed E-state index contributed by atoms with van der Waals surface area (Å²) in [6.07, 6.45) is 6.65. The molecule has 0 amide bonds. The lowest BCUT2D eigenvalue weighted by molar-refractivity contribution is 0.0215. The lowest BCUT2D eigenvalue weighted by Crippen LogP contribution is -2.33. The Morgan fingerprint density at radius 2 is 2.32 bits per heavy atom. The third-order valence-electron chi connectivity index (χ3n) is 3.35. The molecule has 2 heterocycles. The molecular formula is C14H24N4O. The Balaban J connectivity index is 1.91. The average Bonchev–Trinajstić information content (AvgIpc) is 2.46. The van der Waals surface area contributed by atoms with Crippen LogP contribution in [0.15, 0.2) is 12.4 Å². The lowest BCUT2D eigenvalue weighted by atomic mass is 10.1. The van der Waals surface area contributed by atoms with Gasteiger partial charge < -0.3 is 15.0 Å². The van der Waals surface area contributed by atoms with E-state index in [1.807, 2.05) is 6.07 Å². The predicted molar refractivity (Wildman–Crippen MR) is 77.7 cm³/mol. The molecule has 19 heavy (non-hydrogen) atoms. The number of anilines is 2. The van der Waals surface area contributed by atoms with Crippen LogP contribution >= 0.6 is 0 Å². The van der Waals surface area contributed by atoms with Crippen molar-refractivity contribution >= 4 is 11.6 Å². The van der Waals surface area contributed by atoms with Gasteiger partial charge in [-0.2, -0.15) is 0 Å². The Morgan fingerprint density at radius 3 is 3.05 bits per heavy atom. The summed E-state index contributed by atoms with van der Waals surface area (Å²) in [5, 5.41) is 3.28. The van der Waals surface area contributed by atoms with Crippen LogP contribution in [0.4, 0.5) is 11.6 Å². The van der Waals surface area contributed by atoms with E-state index in [1.54, 1.807) is 6.33 Å². The fourth-order valence-corrected chi connectivity index (χ4v) is 2.26. The van der Waals surface area contributed by atoms with Crippen molar-refractivity contribution < 1.29 is 4.74 Å². The highest BCUT2D eigenvalue weighted by atomic mass is 16.5. The molecule has 1 aliphatic rings. The standard InChI is InChI=1S/C14H24N4O/c1-3-7-15-13-9-14(17-11-16-13)18(2)10-12-6-4-5-8-19-12/h9,11-12H,3-8,10H2,1-2H3,(H,15,16,17). The number of nitrogens with one attached hydrogen (secondary N) is 1. The van der Waals surface area contributed by atoms with Gasteiger partial charge in [0.2, 0.25) is 0 Å². The molecule has 0 radical (unpaired) electrons. The molecule has 1 aliphatic heterocycles. The molecule has 1 N–H and O–H groups in total. The van der Waals surface area contributed by atoms with Crippen molar-refractivity contribution in [2.45, 2.75) is 38.7 Å². The van der Waals surface area contributed by atoms with E-state index in [1.165, 1.54) is 12.8 Å². The number of rotatable bonds is 6. The van der Waals surface area contributed by atoms with E-state index in [-0.39, 0.29) is 0 Å². The normalized spacial score (nSPS) is 19.2. The Bertz CT molecular complexity index is 379.